The van der Waals surface area contributed by atoms with Crippen LogP contribution in [0.3, 0.4) is 0 Å². The second-order valence-corrected chi connectivity index (χ2v) is 18.9. The topological polar surface area (TPSA) is 9.23 Å². The molecule has 1 saturated heterocycles. The first kappa shape index (κ1) is 38.8. The smallest absolute Gasteiger partial charge is 0.0664 e. The zero-order chi connectivity index (χ0) is 29.6. The van der Waals surface area contributed by atoms with Crippen molar-refractivity contribution in [1.82, 2.24) is 0 Å². The average molecular weight is 797 g/mol. The molecule has 0 saturated carbocycles. The molecule has 0 radical (unpaired) electrons. The van der Waals surface area contributed by atoms with Crippen LogP contribution in [0.25, 0.3) is 0 Å². The molecule has 3 aliphatic carbocycles. The van der Waals surface area contributed by atoms with Gasteiger partial charge in [-0.1, -0.05) is 163 Å². The van der Waals surface area contributed by atoms with Crippen LogP contribution in [0.2, 0.25) is 0 Å². The van der Waals surface area contributed by atoms with E-state index in [0.29, 0.717) is 33.7 Å². The minimum Gasteiger partial charge on any atom is -0.377 e. The molecule has 0 spiro atoms. The van der Waals surface area contributed by atoms with Crippen LogP contribution in [-0.2, 0) is 15.6 Å². The Hall–Kier alpha value is 0.810. The highest BCUT2D eigenvalue weighted by molar-refractivity contribution is 14.2. The van der Waals surface area contributed by atoms with Crippen molar-refractivity contribution in [2.75, 3.05) is 17.7 Å². The van der Waals surface area contributed by atoms with Crippen molar-refractivity contribution in [3.8, 4) is 0 Å². The first-order valence-corrected chi connectivity index (χ1v) is 21.5. The number of hydrogen-bond acceptors (Lipinski definition) is 1. The first-order chi connectivity index (χ1) is 18.1. The van der Waals surface area contributed by atoms with Gasteiger partial charge in [-0.2, -0.15) is 0 Å². The zero-order valence-corrected chi connectivity index (χ0v) is 32.4. The maximum Gasteiger partial charge on any atom is 0.0664 e. The Morgan fingerprint density at radius 1 is 0.750 bits per heavy atom. The summed E-state index contributed by atoms with van der Waals surface area (Å²) in [5.74, 6) is 1.51. The first-order valence-electron chi connectivity index (χ1n) is 15.4. The maximum atomic E-state index is 5.42. The Morgan fingerprint density at radius 3 is 1.48 bits per heavy atom. The van der Waals surface area contributed by atoms with E-state index >= 15 is 0 Å². The molecule has 5 rings (SSSR count). The lowest BCUT2D eigenvalue weighted by atomic mass is 9.69. The maximum absolute atomic E-state index is 5.42. The Balaban J connectivity index is 0.000000292. The van der Waals surface area contributed by atoms with Crippen molar-refractivity contribution in [2.24, 2.45) is 22.7 Å². The molecule has 0 N–H and O–H groups in total. The number of hydrogen-bond donors (Lipinski definition) is 0. The largest absolute Gasteiger partial charge is 0.377 e. The number of allylic oxidation sites excluding steroid dienone is 2. The third-order valence-electron chi connectivity index (χ3n) is 11.1. The monoisotopic (exact) mass is 796 g/mol. The standard InChI is InChI=1S/C14H24.C14H20.C6H11IO.CH4IP.CH4/c2*1-10-13(2,3)11-8-6-7-9-12(11)14(10,4)5;7-5-6-3-1-2-4-8-6;1-3-2;/h10H,6-9H2,1-5H3;6-10H,1-5H3;6H,1-5H2;3H,1H3;1H4. The SMILES string of the molecule is C.CC1C(C)(C)C2=C(CCCC2)C1(C)C.CC1C(C)(C)c2ccccc2C1(C)C.CPI.ICC1CCCCO1. The third-order valence-corrected chi connectivity index (χ3v) is 12.1. The number of halogens is 2. The van der Waals surface area contributed by atoms with Crippen LogP contribution in [0.5, 0.6) is 0 Å². The summed E-state index contributed by atoms with van der Waals surface area (Å²) in [5, 5.41) is 0. The summed E-state index contributed by atoms with van der Waals surface area (Å²) in [4.78, 5) is 0. The number of ether oxygens (including phenoxy) is 1. The molecule has 1 aromatic carbocycles. The van der Waals surface area contributed by atoms with Crippen molar-refractivity contribution in [1.29, 1.82) is 0 Å². The fourth-order valence-electron chi connectivity index (χ4n) is 7.66. The Kier molecular flexibility index (Phi) is 15.7. The number of benzene rings is 1. The lowest BCUT2D eigenvalue weighted by Crippen LogP contribution is -2.30. The van der Waals surface area contributed by atoms with Crippen molar-refractivity contribution >= 4 is 50.9 Å². The highest BCUT2D eigenvalue weighted by Gasteiger charge is 2.50. The lowest BCUT2D eigenvalue weighted by molar-refractivity contribution is 0.0333. The summed E-state index contributed by atoms with van der Waals surface area (Å²) >= 11 is 4.70. The molecule has 0 amide bonds. The van der Waals surface area contributed by atoms with Crippen LogP contribution < -0.4 is 0 Å². The van der Waals surface area contributed by atoms with Gasteiger partial charge in [0.1, 0.15) is 0 Å². The summed E-state index contributed by atoms with van der Waals surface area (Å²) < 4.78 is 6.58. The quantitative estimate of drug-likeness (QED) is 0.119. The van der Waals surface area contributed by atoms with Crippen LogP contribution in [0.15, 0.2) is 35.4 Å². The normalized spacial score (nSPS) is 25.8. The number of rotatable bonds is 1. The van der Waals surface area contributed by atoms with E-state index in [1.54, 1.807) is 11.1 Å². The molecule has 232 valence electrons. The molecule has 0 bridgehead atoms. The Labute approximate surface area is 279 Å². The van der Waals surface area contributed by atoms with Crippen molar-refractivity contribution in [2.45, 2.75) is 139 Å². The fraction of sp³-hybridized carbons (Fsp3) is 0.778. The van der Waals surface area contributed by atoms with Gasteiger partial charge < -0.3 is 4.74 Å². The summed E-state index contributed by atoms with van der Waals surface area (Å²) in [6.07, 6.45) is 11.1. The van der Waals surface area contributed by atoms with Crippen molar-refractivity contribution in [3.05, 3.63) is 46.5 Å². The molecule has 1 aromatic rings. The van der Waals surface area contributed by atoms with Crippen LogP contribution >= 0.6 is 50.9 Å². The van der Waals surface area contributed by atoms with Gasteiger partial charge in [-0.05, 0) is 96.2 Å². The van der Waals surface area contributed by atoms with Gasteiger partial charge in [-0.3, -0.25) is 0 Å². The van der Waals surface area contributed by atoms with E-state index in [1.165, 1.54) is 56.1 Å². The van der Waals surface area contributed by atoms with Crippen molar-refractivity contribution in [3.63, 3.8) is 0 Å². The van der Waals surface area contributed by atoms with Gasteiger partial charge in [0, 0.05) is 11.0 Å². The minimum absolute atomic E-state index is 0. The molecule has 0 aromatic heterocycles. The summed E-state index contributed by atoms with van der Waals surface area (Å²) in [5.41, 5.74) is 8.25. The van der Waals surface area contributed by atoms with Crippen LogP contribution in [0, 0.1) is 22.7 Å². The zero-order valence-electron chi connectivity index (χ0n) is 27.1. The molecule has 2 unspecified atom stereocenters. The van der Waals surface area contributed by atoms with E-state index in [2.05, 4.69) is 145 Å². The molecule has 1 fully saturated rings. The Morgan fingerprint density at radius 2 is 1.15 bits per heavy atom. The molecule has 4 aliphatic rings. The second kappa shape index (κ2) is 16.2. The molecule has 4 heteroatoms. The highest BCUT2D eigenvalue weighted by Crippen LogP contribution is 2.60. The lowest BCUT2D eigenvalue weighted by Gasteiger charge is -2.35. The van der Waals surface area contributed by atoms with Crippen LogP contribution in [0.1, 0.15) is 133 Å². The summed E-state index contributed by atoms with van der Waals surface area (Å²) in [7, 11) is 0. The van der Waals surface area contributed by atoms with E-state index < -0.39 is 0 Å². The fourth-order valence-corrected chi connectivity index (χ4v) is 8.35. The van der Waals surface area contributed by atoms with Gasteiger partial charge in [0.15, 0.2) is 0 Å². The molecule has 1 aliphatic heterocycles. The summed E-state index contributed by atoms with van der Waals surface area (Å²) in [6, 6.07) is 8.91. The molecule has 40 heavy (non-hydrogen) atoms. The summed E-state index contributed by atoms with van der Waals surface area (Å²) in [6.45, 7) is 27.2. The van der Waals surface area contributed by atoms with Crippen LogP contribution in [0.4, 0.5) is 0 Å². The third kappa shape index (κ3) is 8.50. The number of alkyl halides is 1. The van der Waals surface area contributed by atoms with Crippen molar-refractivity contribution < 1.29 is 4.74 Å². The highest BCUT2D eigenvalue weighted by atomic mass is 127. The van der Waals surface area contributed by atoms with E-state index in [1.807, 2.05) is 0 Å². The predicted molar refractivity (Wildman–Crippen MR) is 201 cm³/mol. The van der Waals surface area contributed by atoms with Crippen LogP contribution in [-0.4, -0.2) is 23.8 Å². The molecule has 1 heterocycles. The Bertz CT molecular complexity index is 877. The minimum atomic E-state index is 0. The number of fused-ring (bicyclic) bond motifs is 1. The van der Waals surface area contributed by atoms with Gasteiger partial charge >= 0.3 is 0 Å². The second-order valence-electron chi connectivity index (χ2n) is 14.4. The molecule has 1 nitrogen and oxygen atoms in total. The van der Waals surface area contributed by atoms with E-state index in [9.17, 15) is 0 Å². The van der Waals surface area contributed by atoms with Gasteiger partial charge in [0.05, 0.1) is 6.10 Å². The average Bonchev–Trinajstić information content (AvgIpc) is 3.15. The molecular weight excluding hydrogens is 733 g/mol. The van der Waals surface area contributed by atoms with Gasteiger partial charge in [-0.15, -0.1) is 0 Å². The molecular formula is C36H63I2OP. The van der Waals surface area contributed by atoms with E-state index in [4.69, 9.17) is 4.74 Å². The molecule has 2 atom stereocenters. The van der Waals surface area contributed by atoms with E-state index in [-0.39, 0.29) is 7.43 Å². The van der Waals surface area contributed by atoms with Gasteiger partial charge in [0.2, 0.25) is 0 Å². The van der Waals surface area contributed by atoms with E-state index in [0.717, 1.165) is 23.2 Å². The van der Waals surface area contributed by atoms with Gasteiger partial charge in [0.25, 0.3) is 0 Å². The predicted octanol–water partition coefficient (Wildman–Crippen LogP) is 12.7. The van der Waals surface area contributed by atoms with Gasteiger partial charge in [-0.25, -0.2) is 0 Å².